The third kappa shape index (κ3) is 34.0. The average Bonchev–Trinajstić information content (AvgIpc) is 0.784. The maximum absolute atomic E-state index is 5.58. The summed E-state index contributed by atoms with van der Waals surface area (Å²) in [6, 6.07) is 1.40. The second-order valence-corrected chi connectivity index (χ2v) is 45.4. The fourth-order valence-corrected chi connectivity index (χ4v) is 22.4. The zero-order chi connectivity index (χ0) is 88.1. The van der Waals surface area contributed by atoms with Gasteiger partial charge in [0.25, 0.3) is 0 Å². The van der Waals surface area contributed by atoms with Crippen LogP contribution in [0.3, 0.4) is 0 Å². The standard InChI is InChI=1S/C97H185N23/c1-29-32-34-35-36-37-38-39-40-41-42-43-45-48-51-56-118(59-54-98-82-99-79(31-3)100-83(105-82)113(24)74-62-88(4,5)108-89(6,7)63-74)60-61-120(73-81-103-86(116(27)77-68-94(16,17)111-95(18,19)69-77)107-87(104-81)117(28)78-70-96(20,21)112-97(22,23)71-78)58-53-50-47-44-46-49-52-57-119(55-33-30-2)72-80-101-84(114(25)75-64-90(8,9)109-91(10,11)65-75)106-85(102-80)115(26)76-66-92(12,13)110-93(14,15)67-76/h74-78,108-112H,29-73H2,1-28H3,(H,98,99,100,105). The van der Waals surface area contributed by atoms with E-state index in [1.54, 1.807) is 0 Å². The Bertz CT molecular complexity index is 3290. The van der Waals surface area contributed by atoms with Gasteiger partial charge in [-0.1, -0.05) is 149 Å². The lowest BCUT2D eigenvalue weighted by molar-refractivity contribution is 0.159. The molecule has 5 aliphatic heterocycles. The van der Waals surface area contributed by atoms with E-state index in [1.807, 2.05) is 0 Å². The highest BCUT2D eigenvalue weighted by Crippen LogP contribution is 2.40. The molecule has 5 saturated heterocycles. The predicted molar refractivity (Wildman–Crippen MR) is 510 cm³/mol. The highest BCUT2D eigenvalue weighted by atomic mass is 15.4. The van der Waals surface area contributed by atoms with Crippen LogP contribution in [0.1, 0.15) is 395 Å². The number of aromatic nitrogens is 9. The largest absolute Gasteiger partial charge is 0.353 e. The van der Waals surface area contributed by atoms with Gasteiger partial charge in [-0.15, -0.1) is 0 Å². The zero-order valence-electron chi connectivity index (χ0n) is 82.8. The summed E-state index contributed by atoms with van der Waals surface area (Å²) in [5.74, 6) is 7.18. The lowest BCUT2D eigenvalue weighted by atomic mass is 9.79. The molecule has 23 nitrogen and oxygen atoms in total. The number of nitrogens with zero attached hydrogens (tertiary/aromatic N) is 17. The van der Waals surface area contributed by atoms with Gasteiger partial charge in [0.1, 0.15) is 17.5 Å². The van der Waals surface area contributed by atoms with Crippen LogP contribution in [0.15, 0.2) is 0 Å². The molecule has 0 radical (unpaired) electrons. The van der Waals surface area contributed by atoms with Crippen molar-refractivity contribution in [3.63, 3.8) is 0 Å². The highest BCUT2D eigenvalue weighted by Gasteiger charge is 2.46. The van der Waals surface area contributed by atoms with Gasteiger partial charge in [0, 0.05) is 153 Å². The number of piperidine rings is 5. The molecule has 0 atom stereocenters. The number of hydrogen-bond acceptors (Lipinski definition) is 23. The van der Waals surface area contributed by atoms with Crippen molar-refractivity contribution in [2.24, 2.45) is 0 Å². The van der Waals surface area contributed by atoms with E-state index in [-0.39, 0.29) is 67.5 Å². The van der Waals surface area contributed by atoms with Crippen LogP contribution in [0.4, 0.5) is 35.7 Å². The van der Waals surface area contributed by atoms with Gasteiger partial charge in [-0.05, 0) is 255 Å². The first kappa shape index (κ1) is 101. The summed E-state index contributed by atoms with van der Waals surface area (Å²) < 4.78 is 0. The Morgan fingerprint density at radius 2 is 0.475 bits per heavy atom. The van der Waals surface area contributed by atoms with E-state index in [2.05, 4.69) is 266 Å². The minimum absolute atomic E-state index is 0.000797. The van der Waals surface area contributed by atoms with Crippen LogP contribution in [0.5, 0.6) is 0 Å². The van der Waals surface area contributed by atoms with Gasteiger partial charge in [-0.25, -0.2) is 0 Å². The lowest BCUT2D eigenvalue weighted by Gasteiger charge is -2.49. The molecular formula is C97H185N23. The number of aryl methyl sites for hydroxylation is 1. The van der Waals surface area contributed by atoms with Crippen molar-refractivity contribution in [1.82, 2.24) is 86.1 Å². The van der Waals surface area contributed by atoms with Crippen LogP contribution in [0.25, 0.3) is 0 Å². The second kappa shape index (κ2) is 44.8. The fraction of sp³-hybridized carbons (Fsp3) is 0.907. The Morgan fingerprint density at radius 1 is 0.250 bits per heavy atom. The van der Waals surface area contributed by atoms with Gasteiger partial charge in [0.15, 0.2) is 0 Å². The van der Waals surface area contributed by atoms with Gasteiger partial charge in [-0.2, -0.15) is 44.9 Å². The van der Waals surface area contributed by atoms with Crippen LogP contribution < -0.4 is 56.4 Å². The quantitative estimate of drug-likeness (QED) is 0.0290. The van der Waals surface area contributed by atoms with E-state index in [1.165, 1.54) is 128 Å². The van der Waals surface area contributed by atoms with E-state index in [4.69, 9.17) is 44.9 Å². The number of unbranched alkanes of at least 4 members (excludes halogenated alkanes) is 21. The van der Waals surface area contributed by atoms with E-state index < -0.39 is 0 Å². The SMILES string of the molecule is CCCCCCCCCCCCCCCCCN(CCNc1nc(CC)nc(N(C)C2CC(C)(C)NC(C)(C)C2)n1)CCN(CCCCCCCCCN(CCCC)Cc1nc(N(C)C2CC(C)(C)NC(C)(C)C2)nc(N(C)C2CC(C)(C)NC(C)(C)C2)n1)Cc1nc(N(C)C2CC(C)(C)NC(C)(C)C2)nc(N(C)C2CC(C)(C)NC(C)(C)C2)n1. The van der Waals surface area contributed by atoms with Crippen molar-refractivity contribution in [3.8, 4) is 0 Å². The third-order valence-electron chi connectivity index (χ3n) is 27.0. The third-order valence-corrected chi connectivity index (χ3v) is 27.0. The summed E-state index contributed by atoms with van der Waals surface area (Å²) >= 11 is 0. The first-order valence-electron chi connectivity index (χ1n) is 48.9. The van der Waals surface area contributed by atoms with Crippen molar-refractivity contribution in [1.29, 1.82) is 0 Å². The normalized spacial score (nSPS) is 20.9. The van der Waals surface area contributed by atoms with E-state index in [9.17, 15) is 0 Å². The van der Waals surface area contributed by atoms with Gasteiger partial charge in [0.05, 0.1) is 13.1 Å². The Hall–Kier alpha value is -4.49. The van der Waals surface area contributed by atoms with Crippen LogP contribution in [0, 0.1) is 0 Å². The molecule has 23 heteroatoms. The molecule has 0 aromatic carbocycles. The van der Waals surface area contributed by atoms with Crippen LogP contribution in [-0.4, -0.2) is 233 Å². The molecule has 0 spiro atoms. The lowest BCUT2D eigenvalue weighted by Crippen LogP contribution is -2.62. The van der Waals surface area contributed by atoms with Gasteiger partial charge >= 0.3 is 0 Å². The number of nitrogens with one attached hydrogen (secondary N) is 6. The number of anilines is 6. The summed E-state index contributed by atoms with van der Waals surface area (Å²) in [6.07, 6.45) is 41.9. The molecule has 0 bridgehead atoms. The molecule has 0 aliphatic carbocycles. The molecule has 3 aromatic rings. The molecule has 0 saturated carbocycles. The summed E-state index contributed by atoms with van der Waals surface area (Å²) in [5.41, 5.74) is -0.184. The monoisotopic (exact) mass is 1670 g/mol. The maximum atomic E-state index is 5.58. The molecule has 8 rings (SSSR count). The topological polar surface area (TPSA) is 214 Å². The van der Waals surface area contributed by atoms with Crippen molar-refractivity contribution >= 4 is 35.7 Å². The fourth-order valence-electron chi connectivity index (χ4n) is 22.4. The van der Waals surface area contributed by atoms with Crippen molar-refractivity contribution < 1.29 is 0 Å². The first-order valence-corrected chi connectivity index (χ1v) is 48.9. The minimum Gasteiger partial charge on any atom is -0.353 e. The van der Waals surface area contributed by atoms with Crippen molar-refractivity contribution in [2.75, 3.05) is 117 Å². The van der Waals surface area contributed by atoms with Crippen LogP contribution in [-0.2, 0) is 19.5 Å². The number of hydrogen-bond donors (Lipinski definition) is 6. The highest BCUT2D eigenvalue weighted by molar-refractivity contribution is 5.43. The molecule has 5 aliphatic rings. The molecular weight excluding hydrogens is 1490 g/mol. The summed E-state index contributed by atoms with van der Waals surface area (Å²) in [7, 11) is 11.1. The van der Waals surface area contributed by atoms with E-state index in [0.717, 1.165) is 202 Å². The van der Waals surface area contributed by atoms with Crippen LogP contribution >= 0.6 is 0 Å². The molecule has 688 valence electrons. The molecule has 5 fully saturated rings. The van der Waals surface area contributed by atoms with Gasteiger partial charge < -0.3 is 61.3 Å². The number of rotatable bonds is 51. The Kier molecular flexibility index (Phi) is 37.7. The first-order chi connectivity index (χ1) is 56.2. The Balaban J connectivity index is 0.994. The van der Waals surface area contributed by atoms with Crippen molar-refractivity contribution in [2.45, 2.75) is 483 Å². The summed E-state index contributed by atoms with van der Waals surface area (Å²) in [6.45, 7) is 62.6. The molecule has 0 amide bonds. The summed E-state index contributed by atoms with van der Waals surface area (Å²) in [4.78, 5) is 68.1. The second-order valence-electron chi connectivity index (χ2n) is 45.4. The Labute approximate surface area is 735 Å². The zero-order valence-corrected chi connectivity index (χ0v) is 82.8. The van der Waals surface area contributed by atoms with Gasteiger partial charge in [-0.3, -0.25) is 9.80 Å². The molecule has 3 aromatic heterocycles. The van der Waals surface area contributed by atoms with E-state index >= 15 is 0 Å². The molecule has 0 unspecified atom stereocenters. The molecule has 120 heavy (non-hydrogen) atoms. The van der Waals surface area contributed by atoms with Crippen LogP contribution in [0.2, 0.25) is 0 Å². The smallest absolute Gasteiger partial charge is 0.230 e. The molecule has 8 heterocycles. The van der Waals surface area contributed by atoms with Crippen molar-refractivity contribution in [3.05, 3.63) is 17.5 Å². The summed E-state index contributed by atoms with van der Waals surface area (Å²) in [5, 5.41) is 23.4. The van der Waals surface area contributed by atoms with Gasteiger partial charge in [0.2, 0.25) is 35.7 Å². The molecule has 6 N–H and O–H groups in total. The predicted octanol–water partition coefficient (Wildman–Crippen LogP) is 18.7. The maximum Gasteiger partial charge on any atom is 0.230 e. The Morgan fingerprint density at radius 3 is 0.750 bits per heavy atom. The van der Waals surface area contributed by atoms with E-state index in [0.29, 0.717) is 30.6 Å². The average molecular weight is 1670 g/mol. The minimum atomic E-state index is -0.0397.